The van der Waals surface area contributed by atoms with Crippen LogP contribution in [0.5, 0.6) is 0 Å². The number of piperidine rings is 1. The molecule has 0 aliphatic carbocycles. The molecular weight excluding hydrogens is 366 g/mol. The Labute approximate surface area is 141 Å². The van der Waals surface area contributed by atoms with Crippen molar-refractivity contribution in [1.29, 1.82) is 0 Å². The highest BCUT2D eigenvalue weighted by atomic mass is 79.9. The van der Waals surface area contributed by atoms with Crippen LogP contribution in [-0.4, -0.2) is 34.1 Å². The third kappa shape index (κ3) is 3.64. The summed E-state index contributed by atoms with van der Waals surface area (Å²) in [7, 11) is 0. The standard InChI is InChI=1S/C15H16BrN3O2S/c16-13-3-1-2-11(18-13)12-9-17-15(22-12)19-6-4-10(5-7-19)8-14(20)21/h1-3,9-10H,4-8H2,(H,20,21). The SMILES string of the molecule is O=C(O)CC1CCN(c2ncc(-c3cccc(Br)n3)s2)CC1. The molecule has 0 bridgehead atoms. The molecule has 5 nitrogen and oxygen atoms in total. The van der Waals surface area contributed by atoms with Crippen LogP contribution in [0.25, 0.3) is 10.6 Å². The van der Waals surface area contributed by atoms with Gasteiger partial charge in [-0.05, 0) is 46.8 Å². The van der Waals surface area contributed by atoms with Gasteiger partial charge >= 0.3 is 5.97 Å². The van der Waals surface area contributed by atoms with E-state index in [4.69, 9.17) is 5.11 Å². The first-order valence-corrected chi connectivity index (χ1v) is 8.78. The van der Waals surface area contributed by atoms with Crippen LogP contribution in [0.15, 0.2) is 29.0 Å². The van der Waals surface area contributed by atoms with Gasteiger partial charge in [0.25, 0.3) is 0 Å². The maximum atomic E-state index is 10.8. The molecule has 116 valence electrons. The van der Waals surface area contributed by atoms with Crippen LogP contribution in [0.3, 0.4) is 0 Å². The second-order valence-electron chi connectivity index (χ2n) is 5.38. The van der Waals surface area contributed by atoms with Gasteiger partial charge in [0.05, 0.1) is 10.6 Å². The number of aliphatic carboxylic acids is 1. The summed E-state index contributed by atoms with van der Waals surface area (Å²) in [6.45, 7) is 1.74. The fraction of sp³-hybridized carbons (Fsp3) is 0.400. The Morgan fingerprint density at radius 2 is 2.18 bits per heavy atom. The van der Waals surface area contributed by atoms with Crippen LogP contribution in [0, 0.1) is 5.92 Å². The zero-order chi connectivity index (χ0) is 15.5. The van der Waals surface area contributed by atoms with E-state index >= 15 is 0 Å². The Kier molecular flexibility index (Phi) is 4.73. The summed E-state index contributed by atoms with van der Waals surface area (Å²) >= 11 is 5.02. The predicted octanol–water partition coefficient (Wildman–Crippen LogP) is 3.66. The van der Waals surface area contributed by atoms with E-state index < -0.39 is 5.97 Å². The van der Waals surface area contributed by atoms with E-state index in [-0.39, 0.29) is 6.42 Å². The molecule has 0 amide bonds. The molecule has 2 aromatic rings. The Balaban J connectivity index is 1.66. The normalized spacial score (nSPS) is 16.0. The molecule has 0 aromatic carbocycles. The zero-order valence-corrected chi connectivity index (χ0v) is 14.3. The fourth-order valence-electron chi connectivity index (χ4n) is 2.65. The first-order chi connectivity index (χ1) is 10.6. The zero-order valence-electron chi connectivity index (χ0n) is 11.9. The maximum Gasteiger partial charge on any atom is 0.303 e. The van der Waals surface area contributed by atoms with E-state index in [1.807, 2.05) is 24.4 Å². The van der Waals surface area contributed by atoms with Crippen molar-refractivity contribution in [2.75, 3.05) is 18.0 Å². The Hall–Kier alpha value is -1.47. The largest absolute Gasteiger partial charge is 0.481 e. The predicted molar refractivity (Wildman–Crippen MR) is 90.2 cm³/mol. The lowest BCUT2D eigenvalue weighted by molar-refractivity contribution is -0.138. The summed E-state index contributed by atoms with van der Waals surface area (Å²) in [6, 6.07) is 5.84. The molecule has 7 heteroatoms. The lowest BCUT2D eigenvalue weighted by Crippen LogP contribution is -2.34. The van der Waals surface area contributed by atoms with Crippen LogP contribution in [0.2, 0.25) is 0 Å². The second kappa shape index (κ2) is 6.75. The van der Waals surface area contributed by atoms with Crippen molar-refractivity contribution >= 4 is 38.4 Å². The number of nitrogens with zero attached hydrogens (tertiary/aromatic N) is 3. The summed E-state index contributed by atoms with van der Waals surface area (Å²) < 4.78 is 0.814. The minimum absolute atomic E-state index is 0.277. The quantitative estimate of drug-likeness (QED) is 0.818. The number of carboxylic acid groups (broad SMARTS) is 1. The molecule has 0 radical (unpaired) electrons. The van der Waals surface area contributed by atoms with Gasteiger partial charge in [-0.3, -0.25) is 4.79 Å². The summed E-state index contributed by atoms with van der Waals surface area (Å²) in [5.41, 5.74) is 0.916. The number of aromatic nitrogens is 2. The van der Waals surface area contributed by atoms with Gasteiger partial charge < -0.3 is 10.0 Å². The fourth-order valence-corrected chi connectivity index (χ4v) is 3.93. The van der Waals surface area contributed by atoms with Crippen LogP contribution < -0.4 is 4.90 Å². The number of carboxylic acids is 1. The minimum Gasteiger partial charge on any atom is -0.481 e. The number of carbonyl (C=O) groups is 1. The van der Waals surface area contributed by atoms with Crippen molar-refractivity contribution in [2.24, 2.45) is 5.92 Å². The first-order valence-electron chi connectivity index (χ1n) is 7.17. The molecule has 0 unspecified atom stereocenters. The van der Waals surface area contributed by atoms with Gasteiger partial charge in [0, 0.05) is 25.7 Å². The molecule has 0 spiro atoms. The molecule has 1 saturated heterocycles. The van der Waals surface area contributed by atoms with Gasteiger partial charge in [-0.1, -0.05) is 17.4 Å². The van der Waals surface area contributed by atoms with Crippen LogP contribution in [0.4, 0.5) is 5.13 Å². The number of thiazole rings is 1. The summed E-state index contributed by atoms with van der Waals surface area (Å²) in [4.78, 5) is 23.0. The van der Waals surface area contributed by atoms with Crippen molar-refractivity contribution in [1.82, 2.24) is 9.97 Å². The average Bonchev–Trinajstić information content (AvgIpc) is 2.97. The molecule has 1 fully saturated rings. The highest BCUT2D eigenvalue weighted by Gasteiger charge is 2.23. The lowest BCUT2D eigenvalue weighted by Gasteiger charge is -2.30. The average molecular weight is 382 g/mol. The van der Waals surface area contributed by atoms with Gasteiger partial charge in [0.1, 0.15) is 4.60 Å². The van der Waals surface area contributed by atoms with E-state index in [0.29, 0.717) is 5.92 Å². The van der Waals surface area contributed by atoms with E-state index in [2.05, 4.69) is 30.8 Å². The summed E-state index contributed by atoms with van der Waals surface area (Å²) in [5.74, 6) is -0.407. The second-order valence-corrected chi connectivity index (χ2v) is 7.20. The van der Waals surface area contributed by atoms with Gasteiger partial charge in [0.2, 0.25) is 0 Å². The molecule has 0 atom stereocenters. The molecular formula is C15H16BrN3O2S. The first kappa shape index (κ1) is 15.4. The molecule has 3 rings (SSSR count). The smallest absolute Gasteiger partial charge is 0.303 e. The Bertz CT molecular complexity index is 668. The molecule has 22 heavy (non-hydrogen) atoms. The van der Waals surface area contributed by atoms with Crippen LogP contribution >= 0.6 is 27.3 Å². The van der Waals surface area contributed by atoms with Crippen LogP contribution in [0.1, 0.15) is 19.3 Å². The molecule has 3 heterocycles. The molecule has 1 aliphatic heterocycles. The number of pyridine rings is 1. The summed E-state index contributed by atoms with van der Waals surface area (Å²) in [6.07, 6.45) is 3.96. The highest BCUT2D eigenvalue weighted by molar-refractivity contribution is 9.10. The monoisotopic (exact) mass is 381 g/mol. The van der Waals surface area contributed by atoms with E-state index in [1.165, 1.54) is 0 Å². The van der Waals surface area contributed by atoms with E-state index in [0.717, 1.165) is 46.2 Å². The van der Waals surface area contributed by atoms with Gasteiger partial charge in [-0.15, -0.1) is 0 Å². The number of rotatable bonds is 4. The number of hydrogen-bond donors (Lipinski definition) is 1. The van der Waals surface area contributed by atoms with Crippen molar-refractivity contribution in [2.45, 2.75) is 19.3 Å². The number of halogens is 1. The highest BCUT2D eigenvalue weighted by Crippen LogP contribution is 2.33. The Morgan fingerprint density at radius 3 is 2.86 bits per heavy atom. The molecule has 1 aliphatic rings. The molecule has 1 N–H and O–H groups in total. The van der Waals surface area contributed by atoms with Crippen molar-refractivity contribution in [3.8, 4) is 10.6 Å². The van der Waals surface area contributed by atoms with E-state index in [9.17, 15) is 4.79 Å². The third-order valence-electron chi connectivity index (χ3n) is 3.81. The molecule has 0 saturated carbocycles. The summed E-state index contributed by atoms with van der Waals surface area (Å²) in [5, 5.41) is 9.86. The Morgan fingerprint density at radius 1 is 1.41 bits per heavy atom. The lowest BCUT2D eigenvalue weighted by atomic mass is 9.94. The van der Waals surface area contributed by atoms with Crippen molar-refractivity contribution < 1.29 is 9.90 Å². The number of hydrogen-bond acceptors (Lipinski definition) is 5. The van der Waals surface area contributed by atoms with Crippen LogP contribution in [-0.2, 0) is 4.79 Å². The van der Waals surface area contributed by atoms with E-state index in [1.54, 1.807) is 11.3 Å². The maximum absolute atomic E-state index is 10.8. The minimum atomic E-state index is -0.698. The van der Waals surface area contributed by atoms with Crippen molar-refractivity contribution in [3.05, 3.63) is 29.0 Å². The van der Waals surface area contributed by atoms with Gasteiger partial charge in [0.15, 0.2) is 5.13 Å². The van der Waals surface area contributed by atoms with Crippen molar-refractivity contribution in [3.63, 3.8) is 0 Å². The number of anilines is 1. The molecule has 2 aromatic heterocycles. The third-order valence-corrected chi connectivity index (χ3v) is 5.33. The topological polar surface area (TPSA) is 66.3 Å². The van der Waals surface area contributed by atoms with Gasteiger partial charge in [-0.25, -0.2) is 9.97 Å². The van der Waals surface area contributed by atoms with Gasteiger partial charge in [-0.2, -0.15) is 0 Å².